The molecular weight excluding hydrogens is 420 g/mol. The second kappa shape index (κ2) is 7.81. The number of nitrogens with one attached hydrogen (secondary N) is 2. The van der Waals surface area contributed by atoms with E-state index in [-0.39, 0.29) is 15.5 Å². The van der Waals surface area contributed by atoms with Crippen molar-refractivity contribution in [1.82, 2.24) is 0 Å². The molecule has 0 saturated heterocycles. The highest BCUT2D eigenvalue weighted by atomic mass is 32.2. The Hall–Kier alpha value is -3.36. The van der Waals surface area contributed by atoms with Gasteiger partial charge in [-0.2, -0.15) is 0 Å². The molecule has 0 unspecified atom stereocenters. The molecular formula is C22H18N2O4S2. The van der Waals surface area contributed by atoms with Gasteiger partial charge in [0.2, 0.25) is 0 Å². The Labute approximate surface area is 175 Å². The first kappa shape index (κ1) is 19.9. The maximum absolute atomic E-state index is 12.7. The molecule has 0 heterocycles. The maximum Gasteiger partial charge on any atom is 0.261 e. The summed E-state index contributed by atoms with van der Waals surface area (Å²) < 4.78 is 55.4. The van der Waals surface area contributed by atoms with E-state index >= 15 is 0 Å². The van der Waals surface area contributed by atoms with Crippen molar-refractivity contribution in [2.45, 2.75) is 9.79 Å². The Balaban J connectivity index is 1.55. The van der Waals surface area contributed by atoms with Gasteiger partial charge < -0.3 is 0 Å². The standard InChI is InChI=1S/C22H18N2O4S2/c25-29(26,23-19-8-2-1-3-9-19)21-14-11-20(12-15-21)24-30(27,28)22-13-10-17-6-4-5-7-18(17)16-22/h1-16,23-24H. The van der Waals surface area contributed by atoms with E-state index < -0.39 is 20.0 Å². The average molecular weight is 439 g/mol. The van der Waals surface area contributed by atoms with Crippen molar-refractivity contribution in [3.63, 3.8) is 0 Å². The molecule has 4 aromatic carbocycles. The van der Waals surface area contributed by atoms with Crippen molar-refractivity contribution in [2.75, 3.05) is 9.44 Å². The number of anilines is 2. The number of benzene rings is 4. The van der Waals surface area contributed by atoms with E-state index in [1.807, 2.05) is 24.3 Å². The van der Waals surface area contributed by atoms with E-state index in [1.54, 1.807) is 42.5 Å². The van der Waals surface area contributed by atoms with Crippen molar-refractivity contribution < 1.29 is 16.8 Å². The van der Waals surface area contributed by atoms with E-state index in [4.69, 9.17) is 0 Å². The first-order valence-electron chi connectivity index (χ1n) is 9.03. The first-order chi connectivity index (χ1) is 14.3. The number of sulfonamides is 2. The summed E-state index contributed by atoms with van der Waals surface area (Å²) in [7, 11) is -7.59. The van der Waals surface area contributed by atoms with Gasteiger partial charge in [-0.1, -0.05) is 48.5 Å². The fourth-order valence-corrected chi connectivity index (χ4v) is 5.12. The summed E-state index contributed by atoms with van der Waals surface area (Å²) in [4.78, 5) is 0.156. The number of hydrogen-bond acceptors (Lipinski definition) is 4. The summed E-state index contributed by atoms with van der Waals surface area (Å²) >= 11 is 0. The lowest BCUT2D eigenvalue weighted by molar-refractivity contribution is 0.600. The molecule has 0 amide bonds. The van der Waals surface area contributed by atoms with Crippen LogP contribution in [0, 0.1) is 0 Å². The van der Waals surface area contributed by atoms with Gasteiger partial charge in [-0.25, -0.2) is 16.8 Å². The van der Waals surface area contributed by atoms with Crippen LogP contribution < -0.4 is 9.44 Å². The highest BCUT2D eigenvalue weighted by Crippen LogP contribution is 2.23. The fraction of sp³-hybridized carbons (Fsp3) is 0. The molecule has 30 heavy (non-hydrogen) atoms. The van der Waals surface area contributed by atoms with Gasteiger partial charge in [0.15, 0.2) is 0 Å². The summed E-state index contributed by atoms with van der Waals surface area (Å²) in [6.45, 7) is 0. The molecule has 6 nitrogen and oxygen atoms in total. The van der Waals surface area contributed by atoms with Gasteiger partial charge in [0.1, 0.15) is 0 Å². The molecule has 0 aliphatic rings. The Kier molecular flexibility index (Phi) is 5.19. The predicted octanol–water partition coefficient (Wildman–Crippen LogP) is 4.44. The third-order valence-electron chi connectivity index (χ3n) is 4.47. The molecule has 0 radical (unpaired) electrons. The van der Waals surface area contributed by atoms with Crippen LogP contribution in [0.15, 0.2) is 107 Å². The minimum atomic E-state index is -3.82. The van der Waals surface area contributed by atoms with Crippen molar-refractivity contribution in [2.24, 2.45) is 0 Å². The highest BCUT2D eigenvalue weighted by molar-refractivity contribution is 7.93. The molecule has 8 heteroatoms. The number of hydrogen-bond donors (Lipinski definition) is 2. The Morgan fingerprint density at radius 3 is 1.63 bits per heavy atom. The van der Waals surface area contributed by atoms with Gasteiger partial charge in [0, 0.05) is 11.4 Å². The maximum atomic E-state index is 12.7. The number of para-hydroxylation sites is 1. The zero-order valence-corrected chi connectivity index (χ0v) is 17.3. The second-order valence-electron chi connectivity index (χ2n) is 6.61. The molecule has 0 aliphatic carbocycles. The normalized spacial score (nSPS) is 11.9. The van der Waals surface area contributed by atoms with Crippen LogP contribution in [0.4, 0.5) is 11.4 Å². The largest absolute Gasteiger partial charge is 0.280 e. The molecule has 2 N–H and O–H groups in total. The van der Waals surface area contributed by atoms with Crippen LogP contribution in [0.5, 0.6) is 0 Å². The van der Waals surface area contributed by atoms with E-state index in [0.717, 1.165) is 10.8 Å². The van der Waals surface area contributed by atoms with Gasteiger partial charge in [0.05, 0.1) is 9.79 Å². The number of rotatable bonds is 6. The quantitative estimate of drug-likeness (QED) is 0.465. The minimum absolute atomic E-state index is 0.0278. The summed E-state index contributed by atoms with van der Waals surface area (Å²) in [5.41, 5.74) is 0.709. The van der Waals surface area contributed by atoms with Crippen LogP contribution in [0.2, 0.25) is 0 Å². The first-order valence-corrected chi connectivity index (χ1v) is 12.0. The summed E-state index contributed by atoms with van der Waals surface area (Å²) in [5, 5.41) is 1.76. The topological polar surface area (TPSA) is 92.3 Å². The smallest absolute Gasteiger partial charge is 0.261 e. The molecule has 152 valence electrons. The van der Waals surface area contributed by atoms with Gasteiger partial charge in [-0.05, 0) is 59.3 Å². The molecule has 4 rings (SSSR count). The van der Waals surface area contributed by atoms with Crippen molar-refractivity contribution >= 4 is 42.2 Å². The summed E-state index contributed by atoms with van der Waals surface area (Å²) in [6, 6.07) is 26.4. The molecule has 0 aromatic heterocycles. The summed E-state index contributed by atoms with van der Waals surface area (Å²) in [5.74, 6) is 0. The van der Waals surface area contributed by atoms with Crippen molar-refractivity contribution in [3.05, 3.63) is 97.1 Å². The average Bonchev–Trinajstić information content (AvgIpc) is 2.74. The lowest BCUT2D eigenvalue weighted by atomic mass is 10.1. The molecule has 0 spiro atoms. The zero-order valence-electron chi connectivity index (χ0n) is 15.7. The molecule has 0 aliphatic heterocycles. The summed E-state index contributed by atoms with van der Waals surface area (Å²) in [6.07, 6.45) is 0. The number of fused-ring (bicyclic) bond motifs is 1. The minimum Gasteiger partial charge on any atom is -0.280 e. The van der Waals surface area contributed by atoms with Crippen LogP contribution in [-0.4, -0.2) is 16.8 Å². The molecule has 0 saturated carbocycles. The van der Waals surface area contributed by atoms with Gasteiger partial charge in [-0.15, -0.1) is 0 Å². The van der Waals surface area contributed by atoms with E-state index in [1.165, 1.54) is 30.3 Å². The monoisotopic (exact) mass is 438 g/mol. The molecule has 0 atom stereocenters. The van der Waals surface area contributed by atoms with Crippen LogP contribution >= 0.6 is 0 Å². The Morgan fingerprint density at radius 2 is 0.967 bits per heavy atom. The predicted molar refractivity (Wildman–Crippen MR) is 118 cm³/mol. The van der Waals surface area contributed by atoms with Gasteiger partial charge in [-0.3, -0.25) is 9.44 Å². The Bertz CT molecular complexity index is 1400. The second-order valence-corrected chi connectivity index (χ2v) is 9.98. The van der Waals surface area contributed by atoms with Crippen LogP contribution in [-0.2, 0) is 20.0 Å². The molecule has 0 bridgehead atoms. The lowest BCUT2D eigenvalue weighted by Gasteiger charge is -2.11. The van der Waals surface area contributed by atoms with Crippen molar-refractivity contribution in [1.29, 1.82) is 0 Å². The van der Waals surface area contributed by atoms with E-state index in [2.05, 4.69) is 9.44 Å². The molecule has 0 fully saturated rings. The van der Waals surface area contributed by atoms with Crippen LogP contribution in [0.25, 0.3) is 10.8 Å². The third kappa shape index (κ3) is 4.29. The van der Waals surface area contributed by atoms with Gasteiger partial charge >= 0.3 is 0 Å². The fourth-order valence-electron chi connectivity index (χ4n) is 2.97. The van der Waals surface area contributed by atoms with Gasteiger partial charge in [0.25, 0.3) is 20.0 Å². The third-order valence-corrected chi connectivity index (χ3v) is 7.25. The SMILES string of the molecule is O=S(=O)(Nc1ccccc1)c1ccc(NS(=O)(=O)c2ccc3ccccc3c2)cc1. The molecule has 4 aromatic rings. The van der Waals surface area contributed by atoms with Crippen LogP contribution in [0.1, 0.15) is 0 Å². The van der Waals surface area contributed by atoms with E-state index in [0.29, 0.717) is 5.69 Å². The van der Waals surface area contributed by atoms with E-state index in [9.17, 15) is 16.8 Å². The highest BCUT2D eigenvalue weighted by Gasteiger charge is 2.17. The van der Waals surface area contributed by atoms with Crippen molar-refractivity contribution in [3.8, 4) is 0 Å². The zero-order chi connectivity index (χ0) is 21.2. The van der Waals surface area contributed by atoms with Crippen LogP contribution in [0.3, 0.4) is 0 Å². The lowest BCUT2D eigenvalue weighted by Crippen LogP contribution is -2.14. The Morgan fingerprint density at radius 1 is 0.467 bits per heavy atom.